The number of anilines is 1. The summed E-state index contributed by atoms with van der Waals surface area (Å²) in [5.41, 5.74) is 1.14. The zero-order valence-electron chi connectivity index (χ0n) is 22.5. The van der Waals surface area contributed by atoms with Crippen LogP contribution < -0.4 is 15.4 Å². The normalized spacial score (nSPS) is 27.8. The highest BCUT2D eigenvalue weighted by Gasteiger charge is 2.59. The first-order valence-corrected chi connectivity index (χ1v) is 15.7. The number of ether oxygens (including phenoxy) is 1. The monoisotopic (exact) mass is 705 g/mol. The van der Waals surface area contributed by atoms with Gasteiger partial charge in [-0.25, -0.2) is 0 Å². The Morgan fingerprint density at radius 1 is 1.12 bits per heavy atom. The summed E-state index contributed by atoms with van der Waals surface area (Å²) in [4.78, 5) is 41.7. The van der Waals surface area contributed by atoms with Crippen LogP contribution in [0.1, 0.15) is 49.8 Å². The van der Waals surface area contributed by atoms with Crippen LogP contribution in [-0.2, 0) is 19.8 Å². The zero-order chi connectivity index (χ0) is 28.9. The molecule has 41 heavy (non-hydrogen) atoms. The highest BCUT2D eigenvalue weighted by atomic mass is 127. The Kier molecular flexibility index (Phi) is 7.84. The van der Waals surface area contributed by atoms with Crippen molar-refractivity contribution in [1.29, 1.82) is 0 Å². The quantitative estimate of drug-likeness (QED) is 0.377. The van der Waals surface area contributed by atoms with Gasteiger partial charge in [-0.05, 0) is 83.3 Å². The average molecular weight is 706 g/mol. The summed E-state index contributed by atoms with van der Waals surface area (Å²) < 4.78 is 7.54. The molecule has 2 aromatic rings. The molecule has 1 aliphatic carbocycles. The van der Waals surface area contributed by atoms with E-state index in [4.69, 9.17) is 27.9 Å². The largest absolute Gasteiger partial charge is 0.490 e. The highest BCUT2D eigenvalue weighted by Crippen LogP contribution is 2.55. The summed E-state index contributed by atoms with van der Waals surface area (Å²) in [5.74, 6) is -0.181. The van der Waals surface area contributed by atoms with E-state index in [9.17, 15) is 14.4 Å². The smallest absolute Gasteiger partial charge is 0.237 e. The van der Waals surface area contributed by atoms with E-state index in [1.807, 2.05) is 47.4 Å². The van der Waals surface area contributed by atoms with Crippen LogP contribution in [-0.4, -0.2) is 41.8 Å². The average Bonchev–Trinajstić information content (AvgIpc) is 3.21. The van der Waals surface area contributed by atoms with Crippen molar-refractivity contribution in [3.63, 3.8) is 0 Å². The number of hydrogen-bond acceptors (Lipinski definition) is 4. The van der Waals surface area contributed by atoms with Gasteiger partial charge in [-0.1, -0.05) is 41.4 Å². The topological polar surface area (TPSA) is 87.7 Å². The molecule has 1 spiro atoms. The van der Waals surface area contributed by atoms with Crippen LogP contribution in [0.3, 0.4) is 0 Å². The second kappa shape index (κ2) is 11.3. The summed E-state index contributed by atoms with van der Waals surface area (Å²) in [7, 11) is 0. The van der Waals surface area contributed by atoms with Crippen LogP contribution in [0.15, 0.2) is 59.7 Å². The van der Waals surface area contributed by atoms with Crippen molar-refractivity contribution in [2.75, 3.05) is 18.4 Å². The number of carbonyl (C=O) groups is 3. The standard InChI is InChI=1S/C31H30Cl2IN3O4/c1-17(38)37-11-9-22(10-12-37)41-27-8-6-21(34)15-23(27)28-31(25-7-5-20(33)14-26(25)35-30(31)40)16-24(29(39)36-28)18-3-2-4-19(32)13-18/h2-8,14-15,18,22,24,28H,9-13,16H2,1H3,(H,35,40)(H,36,39)/t18?,24-,28+,31-/m1/s1. The molecule has 0 aromatic heterocycles. The van der Waals surface area contributed by atoms with Crippen LogP contribution in [0.25, 0.3) is 0 Å². The van der Waals surface area contributed by atoms with Crippen molar-refractivity contribution in [2.45, 2.75) is 50.2 Å². The van der Waals surface area contributed by atoms with Gasteiger partial charge in [0.15, 0.2) is 0 Å². The predicted octanol–water partition coefficient (Wildman–Crippen LogP) is 6.10. The number of carbonyl (C=O) groups excluding carboxylic acids is 3. The van der Waals surface area contributed by atoms with E-state index in [1.54, 1.807) is 19.1 Å². The molecule has 214 valence electrons. The van der Waals surface area contributed by atoms with E-state index in [1.165, 1.54) is 0 Å². The lowest BCUT2D eigenvalue weighted by molar-refractivity contribution is -0.136. The number of nitrogens with one attached hydrogen (secondary N) is 2. The molecule has 1 unspecified atom stereocenters. The Morgan fingerprint density at radius 3 is 2.63 bits per heavy atom. The van der Waals surface area contributed by atoms with Gasteiger partial charge in [-0.3, -0.25) is 14.4 Å². The minimum absolute atomic E-state index is 0.0652. The molecule has 3 amide bonds. The third-order valence-electron chi connectivity index (χ3n) is 8.82. The second-order valence-corrected chi connectivity index (χ2v) is 13.4. The van der Waals surface area contributed by atoms with Crippen molar-refractivity contribution in [1.82, 2.24) is 10.2 Å². The predicted molar refractivity (Wildman–Crippen MR) is 167 cm³/mol. The molecule has 2 saturated heterocycles. The van der Waals surface area contributed by atoms with Crippen molar-refractivity contribution in [2.24, 2.45) is 11.8 Å². The first-order chi connectivity index (χ1) is 19.7. The Hall–Kier alpha value is -2.56. The Bertz CT molecular complexity index is 1490. The third-order valence-corrected chi connectivity index (χ3v) is 10.0. The number of rotatable bonds is 4. The summed E-state index contributed by atoms with van der Waals surface area (Å²) in [5, 5.41) is 7.55. The molecular weight excluding hydrogens is 676 g/mol. The Morgan fingerprint density at radius 2 is 1.90 bits per heavy atom. The van der Waals surface area contributed by atoms with E-state index in [-0.39, 0.29) is 29.7 Å². The molecule has 7 nitrogen and oxygen atoms in total. The van der Waals surface area contributed by atoms with Gasteiger partial charge in [0, 0.05) is 63.6 Å². The maximum atomic E-state index is 14.1. The van der Waals surface area contributed by atoms with Gasteiger partial charge in [-0.15, -0.1) is 0 Å². The van der Waals surface area contributed by atoms with E-state index in [2.05, 4.69) is 33.2 Å². The number of amides is 3. The van der Waals surface area contributed by atoms with Crippen molar-refractivity contribution in [3.8, 4) is 5.75 Å². The minimum atomic E-state index is -1.08. The van der Waals surface area contributed by atoms with E-state index in [0.29, 0.717) is 60.3 Å². The fraction of sp³-hybridized carbons (Fsp3) is 0.387. The summed E-state index contributed by atoms with van der Waals surface area (Å²) in [6.07, 6.45) is 7.91. The van der Waals surface area contributed by atoms with Gasteiger partial charge in [0.1, 0.15) is 17.3 Å². The molecule has 4 aliphatic rings. The first-order valence-electron chi connectivity index (χ1n) is 13.8. The third kappa shape index (κ3) is 5.27. The zero-order valence-corrected chi connectivity index (χ0v) is 26.1. The van der Waals surface area contributed by atoms with Crippen molar-refractivity contribution in [3.05, 3.63) is 79.4 Å². The molecule has 2 N–H and O–H groups in total. The number of likely N-dealkylation sites (tertiary alicyclic amines) is 1. The molecule has 4 atom stereocenters. The molecule has 0 bridgehead atoms. The van der Waals surface area contributed by atoms with E-state index in [0.717, 1.165) is 14.7 Å². The molecule has 2 fully saturated rings. The number of nitrogens with zero attached hydrogens (tertiary/aromatic N) is 1. The lowest BCUT2D eigenvalue weighted by atomic mass is 9.62. The molecule has 3 aliphatic heterocycles. The molecule has 2 aromatic carbocycles. The highest BCUT2D eigenvalue weighted by molar-refractivity contribution is 14.1. The number of hydrogen-bond donors (Lipinski definition) is 2. The van der Waals surface area contributed by atoms with Crippen LogP contribution >= 0.6 is 45.8 Å². The number of halogens is 3. The van der Waals surface area contributed by atoms with Gasteiger partial charge in [0.25, 0.3) is 0 Å². The number of allylic oxidation sites excluding steroid dienone is 4. The van der Waals surface area contributed by atoms with E-state index < -0.39 is 17.4 Å². The summed E-state index contributed by atoms with van der Waals surface area (Å²) >= 11 is 15.0. The lowest BCUT2D eigenvalue weighted by Crippen LogP contribution is -2.57. The molecule has 6 rings (SSSR count). The number of benzene rings is 2. The first kappa shape index (κ1) is 28.6. The molecule has 3 heterocycles. The molecule has 0 saturated carbocycles. The fourth-order valence-electron chi connectivity index (χ4n) is 6.73. The van der Waals surface area contributed by atoms with E-state index >= 15 is 0 Å². The maximum absolute atomic E-state index is 14.1. The molecule has 10 heteroatoms. The van der Waals surface area contributed by atoms with Gasteiger partial charge < -0.3 is 20.3 Å². The Labute approximate surface area is 262 Å². The van der Waals surface area contributed by atoms with Crippen LogP contribution in [0.5, 0.6) is 5.75 Å². The molecule has 0 radical (unpaired) electrons. The SMILES string of the molecule is CC(=O)N1CCC(Oc2ccc(I)cc2[C@@H]2NC(=O)[C@@H](C3C=CC=C(Cl)C3)C[C@]23C(=O)Nc2cc(Cl)ccc23)CC1. The summed E-state index contributed by atoms with van der Waals surface area (Å²) in [6, 6.07) is 10.7. The fourth-order valence-corrected chi connectivity index (χ4v) is 7.67. The van der Waals surface area contributed by atoms with Crippen LogP contribution in [0.4, 0.5) is 5.69 Å². The van der Waals surface area contributed by atoms with Gasteiger partial charge in [-0.2, -0.15) is 0 Å². The van der Waals surface area contributed by atoms with Gasteiger partial charge in [0.2, 0.25) is 17.7 Å². The Balaban J connectivity index is 1.41. The second-order valence-electron chi connectivity index (χ2n) is 11.2. The number of fused-ring (bicyclic) bond motifs is 2. The van der Waals surface area contributed by atoms with Gasteiger partial charge >= 0.3 is 0 Å². The van der Waals surface area contributed by atoms with Crippen LogP contribution in [0, 0.1) is 15.4 Å². The number of piperidine rings is 2. The molecular formula is C31H30Cl2IN3O4. The summed E-state index contributed by atoms with van der Waals surface area (Å²) in [6.45, 7) is 2.85. The van der Waals surface area contributed by atoms with Crippen molar-refractivity contribution < 1.29 is 19.1 Å². The maximum Gasteiger partial charge on any atom is 0.237 e. The van der Waals surface area contributed by atoms with Crippen LogP contribution in [0.2, 0.25) is 5.02 Å². The van der Waals surface area contributed by atoms with Crippen molar-refractivity contribution >= 4 is 69.2 Å². The lowest BCUT2D eigenvalue weighted by Gasteiger charge is -2.45. The van der Waals surface area contributed by atoms with Gasteiger partial charge in [0.05, 0.1) is 6.04 Å². The minimum Gasteiger partial charge on any atom is -0.490 e.